The van der Waals surface area contributed by atoms with Gasteiger partial charge in [0.2, 0.25) is 0 Å². The van der Waals surface area contributed by atoms with Crippen molar-refractivity contribution in [2.24, 2.45) is 0 Å². The fourth-order valence-electron chi connectivity index (χ4n) is 1.26. The molecule has 4 nitrogen and oxygen atoms in total. The summed E-state index contributed by atoms with van der Waals surface area (Å²) in [6.45, 7) is 8.02. The molecule has 0 aromatic carbocycles. The summed E-state index contributed by atoms with van der Waals surface area (Å²) < 4.78 is 0. The van der Waals surface area contributed by atoms with Crippen LogP contribution < -0.4 is 5.48 Å². The highest BCUT2D eigenvalue weighted by Gasteiger charge is 1.98. The van der Waals surface area contributed by atoms with Crippen molar-refractivity contribution in [1.29, 1.82) is 0 Å². The highest BCUT2D eigenvalue weighted by molar-refractivity contribution is 5.29. The van der Waals surface area contributed by atoms with E-state index in [1.165, 1.54) is 0 Å². The van der Waals surface area contributed by atoms with Crippen molar-refractivity contribution in [3.05, 3.63) is 24.4 Å². The maximum Gasteiger partial charge on any atom is 0.149 e. The fraction of sp³-hybridized carbons (Fsp3) is 0.545. The Morgan fingerprint density at radius 3 is 2.73 bits per heavy atom. The van der Waals surface area contributed by atoms with E-state index in [4.69, 9.17) is 4.84 Å². The number of likely N-dealkylation sites (N-methyl/N-ethyl adjacent to an activating group) is 1. The molecule has 0 saturated carbocycles. The quantitative estimate of drug-likeness (QED) is 0.548. The highest BCUT2D eigenvalue weighted by Crippen LogP contribution is 1.99. The number of pyridine rings is 1. The van der Waals surface area contributed by atoms with Crippen LogP contribution in [0.3, 0.4) is 0 Å². The summed E-state index contributed by atoms with van der Waals surface area (Å²) >= 11 is 0. The second-order valence-corrected chi connectivity index (χ2v) is 3.19. The van der Waals surface area contributed by atoms with Gasteiger partial charge in [0.15, 0.2) is 0 Å². The number of nitrogens with zero attached hydrogens (tertiary/aromatic N) is 2. The molecule has 0 bridgehead atoms. The zero-order valence-electron chi connectivity index (χ0n) is 9.44. The third-order valence-electron chi connectivity index (χ3n) is 2.25. The number of anilines is 1. The van der Waals surface area contributed by atoms with Crippen LogP contribution in [0.2, 0.25) is 0 Å². The van der Waals surface area contributed by atoms with Crippen molar-refractivity contribution in [3.63, 3.8) is 0 Å². The predicted octanol–water partition coefficient (Wildman–Crippen LogP) is 1.77. The van der Waals surface area contributed by atoms with E-state index < -0.39 is 0 Å². The smallest absolute Gasteiger partial charge is 0.149 e. The van der Waals surface area contributed by atoms with Gasteiger partial charge in [0, 0.05) is 12.7 Å². The molecule has 0 saturated heterocycles. The van der Waals surface area contributed by atoms with E-state index in [0.717, 1.165) is 25.5 Å². The van der Waals surface area contributed by atoms with Crippen molar-refractivity contribution in [2.75, 3.05) is 31.7 Å². The van der Waals surface area contributed by atoms with Gasteiger partial charge in [-0.05, 0) is 25.2 Å². The van der Waals surface area contributed by atoms with Crippen LogP contribution in [-0.4, -0.2) is 36.1 Å². The predicted molar refractivity (Wildman–Crippen MR) is 61.6 cm³/mol. The molecule has 15 heavy (non-hydrogen) atoms. The lowest BCUT2D eigenvalue weighted by Crippen LogP contribution is -2.27. The van der Waals surface area contributed by atoms with Crippen LogP contribution in [0.15, 0.2) is 24.4 Å². The molecule has 0 aliphatic heterocycles. The molecule has 84 valence electrons. The first-order valence-corrected chi connectivity index (χ1v) is 5.38. The SMILES string of the molecule is CCN(CC)CCONc1ccccn1. The molecule has 1 N–H and O–H groups in total. The summed E-state index contributed by atoms with van der Waals surface area (Å²) in [5, 5.41) is 0. The Morgan fingerprint density at radius 2 is 2.13 bits per heavy atom. The average molecular weight is 209 g/mol. The van der Waals surface area contributed by atoms with Crippen LogP contribution in [-0.2, 0) is 4.84 Å². The second-order valence-electron chi connectivity index (χ2n) is 3.19. The molecule has 1 aromatic rings. The molecule has 0 fully saturated rings. The molecule has 0 atom stereocenters. The van der Waals surface area contributed by atoms with E-state index in [0.29, 0.717) is 6.61 Å². The minimum absolute atomic E-state index is 0.665. The first-order valence-electron chi connectivity index (χ1n) is 5.38. The molecule has 0 aliphatic carbocycles. The molecular formula is C11H19N3O. The molecule has 1 rings (SSSR count). The lowest BCUT2D eigenvalue weighted by molar-refractivity contribution is 0.150. The van der Waals surface area contributed by atoms with Gasteiger partial charge >= 0.3 is 0 Å². The fourth-order valence-corrected chi connectivity index (χ4v) is 1.26. The first-order chi connectivity index (χ1) is 7.36. The van der Waals surface area contributed by atoms with E-state index >= 15 is 0 Å². The van der Waals surface area contributed by atoms with Crippen LogP contribution in [0.4, 0.5) is 5.82 Å². The van der Waals surface area contributed by atoms with Crippen LogP contribution in [0.5, 0.6) is 0 Å². The maximum atomic E-state index is 5.30. The third-order valence-corrected chi connectivity index (χ3v) is 2.25. The van der Waals surface area contributed by atoms with E-state index in [2.05, 4.69) is 29.2 Å². The molecule has 1 aromatic heterocycles. The van der Waals surface area contributed by atoms with Gasteiger partial charge in [-0.2, -0.15) is 0 Å². The van der Waals surface area contributed by atoms with E-state index in [9.17, 15) is 0 Å². The molecule has 4 heteroatoms. The average Bonchev–Trinajstić information content (AvgIpc) is 2.31. The van der Waals surface area contributed by atoms with Crippen molar-refractivity contribution in [2.45, 2.75) is 13.8 Å². The topological polar surface area (TPSA) is 37.4 Å². The Balaban J connectivity index is 2.12. The number of nitrogens with one attached hydrogen (secondary N) is 1. The molecule has 0 unspecified atom stereocenters. The number of hydrogen-bond acceptors (Lipinski definition) is 4. The molecule has 0 radical (unpaired) electrons. The van der Waals surface area contributed by atoms with Crippen LogP contribution in [0.1, 0.15) is 13.8 Å². The summed E-state index contributed by atoms with van der Waals surface area (Å²) in [6, 6.07) is 5.67. The molecule has 0 spiro atoms. The van der Waals surface area contributed by atoms with E-state index in [1.54, 1.807) is 6.20 Å². The Morgan fingerprint density at radius 1 is 1.33 bits per heavy atom. The van der Waals surface area contributed by atoms with Gasteiger partial charge in [-0.1, -0.05) is 19.9 Å². The highest BCUT2D eigenvalue weighted by atomic mass is 16.6. The summed E-state index contributed by atoms with van der Waals surface area (Å²) in [7, 11) is 0. The Hall–Kier alpha value is -1.13. The van der Waals surface area contributed by atoms with Crippen molar-refractivity contribution >= 4 is 5.82 Å². The van der Waals surface area contributed by atoms with Crippen molar-refractivity contribution in [3.8, 4) is 0 Å². The van der Waals surface area contributed by atoms with Gasteiger partial charge in [-0.15, -0.1) is 0 Å². The molecule has 0 amide bonds. The molecule has 1 heterocycles. The minimum atomic E-state index is 0.665. The van der Waals surface area contributed by atoms with E-state index in [1.807, 2.05) is 18.2 Å². The van der Waals surface area contributed by atoms with Crippen LogP contribution in [0.25, 0.3) is 0 Å². The van der Waals surface area contributed by atoms with Gasteiger partial charge in [0.1, 0.15) is 5.82 Å². The lowest BCUT2D eigenvalue weighted by Gasteiger charge is -2.17. The second kappa shape index (κ2) is 7.20. The first kappa shape index (κ1) is 11.9. The Bertz CT molecular complexity index is 249. The van der Waals surface area contributed by atoms with Gasteiger partial charge in [-0.25, -0.2) is 10.5 Å². The Labute approximate surface area is 91.2 Å². The minimum Gasteiger partial charge on any atom is -0.301 e. The monoisotopic (exact) mass is 209 g/mol. The lowest BCUT2D eigenvalue weighted by atomic mass is 10.5. The van der Waals surface area contributed by atoms with Crippen molar-refractivity contribution < 1.29 is 4.84 Å². The van der Waals surface area contributed by atoms with Crippen LogP contribution in [0, 0.1) is 0 Å². The zero-order valence-corrected chi connectivity index (χ0v) is 9.44. The Kier molecular flexibility index (Phi) is 5.73. The van der Waals surface area contributed by atoms with E-state index in [-0.39, 0.29) is 0 Å². The van der Waals surface area contributed by atoms with Gasteiger partial charge in [0.25, 0.3) is 0 Å². The zero-order chi connectivity index (χ0) is 10.9. The standard InChI is InChI=1S/C11H19N3O/c1-3-14(4-2)9-10-15-13-11-7-5-6-8-12-11/h5-8H,3-4,9-10H2,1-2H3,(H,12,13). The summed E-state index contributed by atoms with van der Waals surface area (Å²) in [5.74, 6) is 0.747. The number of aromatic nitrogens is 1. The van der Waals surface area contributed by atoms with Gasteiger partial charge in [-0.3, -0.25) is 4.84 Å². The summed E-state index contributed by atoms with van der Waals surface area (Å²) in [4.78, 5) is 11.7. The molecular weight excluding hydrogens is 190 g/mol. The summed E-state index contributed by atoms with van der Waals surface area (Å²) in [5.41, 5.74) is 2.81. The van der Waals surface area contributed by atoms with Gasteiger partial charge < -0.3 is 4.90 Å². The molecule has 0 aliphatic rings. The maximum absolute atomic E-state index is 5.30. The largest absolute Gasteiger partial charge is 0.301 e. The third kappa shape index (κ3) is 4.76. The summed E-state index contributed by atoms with van der Waals surface area (Å²) in [6.07, 6.45) is 1.73. The number of rotatable bonds is 7. The van der Waals surface area contributed by atoms with Crippen molar-refractivity contribution in [1.82, 2.24) is 9.88 Å². The van der Waals surface area contributed by atoms with Gasteiger partial charge in [0.05, 0.1) is 6.61 Å². The van der Waals surface area contributed by atoms with Crippen LogP contribution >= 0.6 is 0 Å². The number of hydrogen-bond donors (Lipinski definition) is 1. The normalized spacial score (nSPS) is 10.6.